The maximum Gasteiger partial charge on any atom is 0.261 e. The van der Waals surface area contributed by atoms with E-state index in [2.05, 4.69) is 17.2 Å². The Morgan fingerprint density at radius 1 is 1.50 bits per heavy atom. The molecule has 2 aromatic rings. The van der Waals surface area contributed by atoms with Gasteiger partial charge in [-0.1, -0.05) is 11.8 Å². The molecule has 0 aliphatic carbocycles. The Kier molecular flexibility index (Phi) is 4.99. The topological polar surface area (TPSA) is 68.3 Å². The molecule has 0 saturated carbocycles. The van der Waals surface area contributed by atoms with Gasteiger partial charge in [0.05, 0.1) is 22.6 Å². The second kappa shape index (κ2) is 6.94. The highest BCUT2D eigenvalue weighted by atomic mass is 32.1. The minimum Gasteiger partial charge on any atom is -0.469 e. The van der Waals surface area contributed by atoms with Gasteiger partial charge in [0, 0.05) is 12.5 Å². The fourth-order valence-electron chi connectivity index (χ4n) is 1.74. The zero-order chi connectivity index (χ0) is 14.4. The summed E-state index contributed by atoms with van der Waals surface area (Å²) in [5.41, 5.74) is 5.32. The van der Waals surface area contributed by atoms with Crippen LogP contribution in [0.2, 0.25) is 0 Å². The molecule has 2 rings (SSSR count). The lowest BCUT2D eigenvalue weighted by atomic mass is 10.2. The maximum absolute atomic E-state index is 12.1. The number of furan rings is 1. The molecule has 20 heavy (non-hydrogen) atoms. The van der Waals surface area contributed by atoms with Crippen LogP contribution in [0.3, 0.4) is 0 Å². The molecule has 0 aromatic carbocycles. The van der Waals surface area contributed by atoms with E-state index in [4.69, 9.17) is 10.2 Å². The first-order valence-corrected chi connectivity index (χ1v) is 7.12. The second-order valence-electron chi connectivity index (χ2n) is 4.33. The van der Waals surface area contributed by atoms with Crippen molar-refractivity contribution in [1.29, 1.82) is 0 Å². The highest BCUT2D eigenvalue weighted by Crippen LogP contribution is 2.15. The number of carbonyl (C=O) groups excluding carboxylic acids is 1. The molecule has 2 heterocycles. The van der Waals surface area contributed by atoms with Gasteiger partial charge < -0.3 is 15.5 Å². The van der Waals surface area contributed by atoms with Crippen LogP contribution in [0.15, 0.2) is 34.9 Å². The highest BCUT2D eigenvalue weighted by Gasteiger charge is 2.13. The van der Waals surface area contributed by atoms with Gasteiger partial charge in [-0.05, 0) is 31.2 Å². The quantitative estimate of drug-likeness (QED) is 0.846. The predicted molar refractivity (Wildman–Crippen MR) is 79.6 cm³/mol. The first-order valence-electron chi connectivity index (χ1n) is 6.31. The third-order valence-corrected chi connectivity index (χ3v) is 3.61. The van der Waals surface area contributed by atoms with Crippen molar-refractivity contribution in [2.45, 2.75) is 19.4 Å². The largest absolute Gasteiger partial charge is 0.469 e. The van der Waals surface area contributed by atoms with Crippen molar-refractivity contribution in [3.05, 3.63) is 46.0 Å². The van der Waals surface area contributed by atoms with Gasteiger partial charge in [-0.3, -0.25) is 4.79 Å². The number of carbonyl (C=O) groups is 1. The third kappa shape index (κ3) is 3.98. The van der Waals surface area contributed by atoms with E-state index in [1.165, 1.54) is 11.3 Å². The summed E-state index contributed by atoms with van der Waals surface area (Å²) in [4.78, 5) is 13.6. The lowest BCUT2D eigenvalue weighted by Gasteiger charge is -2.11. The molecule has 3 N–H and O–H groups in total. The van der Waals surface area contributed by atoms with Crippen molar-refractivity contribution < 1.29 is 9.21 Å². The van der Waals surface area contributed by atoms with Crippen LogP contribution in [0, 0.1) is 11.8 Å². The monoisotopic (exact) mass is 288 g/mol. The van der Waals surface area contributed by atoms with Crippen molar-refractivity contribution in [2.75, 3.05) is 6.54 Å². The molecule has 1 atom stereocenters. The summed E-state index contributed by atoms with van der Waals surface area (Å²) in [6, 6.07) is 7.36. The van der Waals surface area contributed by atoms with E-state index in [9.17, 15) is 4.79 Å². The second-order valence-corrected chi connectivity index (χ2v) is 5.41. The van der Waals surface area contributed by atoms with Crippen LogP contribution < -0.4 is 11.1 Å². The number of hydrogen-bond acceptors (Lipinski definition) is 4. The molecule has 0 aliphatic heterocycles. The highest BCUT2D eigenvalue weighted by molar-refractivity contribution is 7.14. The summed E-state index contributed by atoms with van der Waals surface area (Å²) in [5, 5.41) is 2.94. The van der Waals surface area contributed by atoms with E-state index in [-0.39, 0.29) is 11.9 Å². The van der Waals surface area contributed by atoms with E-state index in [0.29, 0.717) is 17.8 Å². The molecule has 0 radical (unpaired) electrons. The fraction of sp³-hybridized carbons (Fsp3) is 0.267. The zero-order valence-corrected chi connectivity index (χ0v) is 12.0. The minimum atomic E-state index is -0.0881. The number of thiophene rings is 1. The standard InChI is InChI=1S/C15H16N2O2S/c1-11(10-12-4-3-9-19-12)17-15(18)14-7-6-13(20-14)5-2-8-16/h3-4,6-7,9,11H,8,10,16H2,1H3,(H,17,18). The molecule has 0 bridgehead atoms. The van der Waals surface area contributed by atoms with Crippen molar-refractivity contribution in [3.8, 4) is 11.8 Å². The van der Waals surface area contributed by atoms with Crippen LogP contribution in [0.4, 0.5) is 0 Å². The van der Waals surface area contributed by atoms with Crippen molar-refractivity contribution >= 4 is 17.2 Å². The molecular formula is C15H16N2O2S. The van der Waals surface area contributed by atoms with Crippen LogP contribution in [-0.4, -0.2) is 18.5 Å². The Hall–Kier alpha value is -2.03. The van der Waals surface area contributed by atoms with Gasteiger partial charge in [-0.15, -0.1) is 11.3 Å². The molecule has 4 nitrogen and oxygen atoms in total. The first kappa shape index (κ1) is 14.4. The van der Waals surface area contributed by atoms with Crippen LogP contribution in [0.25, 0.3) is 0 Å². The lowest BCUT2D eigenvalue weighted by molar-refractivity contribution is 0.0943. The van der Waals surface area contributed by atoms with E-state index in [0.717, 1.165) is 10.6 Å². The molecule has 5 heteroatoms. The third-order valence-electron chi connectivity index (χ3n) is 2.61. The van der Waals surface area contributed by atoms with Crippen LogP contribution >= 0.6 is 11.3 Å². The summed E-state index contributed by atoms with van der Waals surface area (Å²) in [6.45, 7) is 2.27. The molecule has 104 valence electrons. The number of amides is 1. The molecule has 1 unspecified atom stereocenters. The maximum atomic E-state index is 12.1. The van der Waals surface area contributed by atoms with Crippen molar-refractivity contribution in [1.82, 2.24) is 5.32 Å². The molecule has 0 saturated heterocycles. The van der Waals surface area contributed by atoms with Crippen LogP contribution in [0.1, 0.15) is 27.2 Å². The van der Waals surface area contributed by atoms with E-state index >= 15 is 0 Å². The van der Waals surface area contributed by atoms with Gasteiger partial charge in [0.25, 0.3) is 5.91 Å². The summed E-state index contributed by atoms with van der Waals surface area (Å²) in [6.07, 6.45) is 2.30. The van der Waals surface area contributed by atoms with Gasteiger partial charge in [0.2, 0.25) is 0 Å². The van der Waals surface area contributed by atoms with E-state index in [1.54, 1.807) is 12.3 Å². The Morgan fingerprint density at radius 2 is 2.35 bits per heavy atom. The molecule has 0 aliphatic rings. The van der Waals surface area contributed by atoms with Gasteiger partial charge in [0.15, 0.2) is 0 Å². The normalized spacial score (nSPS) is 11.5. The van der Waals surface area contributed by atoms with Crippen LogP contribution in [0.5, 0.6) is 0 Å². The van der Waals surface area contributed by atoms with Gasteiger partial charge in [0.1, 0.15) is 5.76 Å². The SMILES string of the molecule is CC(Cc1ccco1)NC(=O)c1ccc(C#CCN)s1. The first-order chi connectivity index (χ1) is 9.69. The average molecular weight is 288 g/mol. The summed E-state index contributed by atoms with van der Waals surface area (Å²) in [5.74, 6) is 6.46. The fourth-order valence-corrected chi connectivity index (χ4v) is 2.53. The smallest absolute Gasteiger partial charge is 0.261 e. The molecule has 0 fully saturated rings. The lowest BCUT2D eigenvalue weighted by Crippen LogP contribution is -2.33. The van der Waals surface area contributed by atoms with Gasteiger partial charge >= 0.3 is 0 Å². The van der Waals surface area contributed by atoms with E-state index < -0.39 is 0 Å². The number of rotatable bonds is 4. The Morgan fingerprint density at radius 3 is 3.05 bits per heavy atom. The molecule has 0 spiro atoms. The molecule has 2 aromatic heterocycles. The summed E-state index contributed by atoms with van der Waals surface area (Å²) < 4.78 is 5.26. The Labute approximate surface area is 122 Å². The van der Waals surface area contributed by atoms with Crippen molar-refractivity contribution in [2.24, 2.45) is 5.73 Å². The van der Waals surface area contributed by atoms with Crippen LogP contribution in [-0.2, 0) is 6.42 Å². The average Bonchev–Trinajstić information content (AvgIpc) is 3.07. The predicted octanol–water partition coefficient (Wildman–Crippen LogP) is 2.01. The zero-order valence-electron chi connectivity index (χ0n) is 11.2. The van der Waals surface area contributed by atoms with E-state index in [1.807, 2.05) is 25.1 Å². The molecular weight excluding hydrogens is 272 g/mol. The number of nitrogens with one attached hydrogen (secondary N) is 1. The van der Waals surface area contributed by atoms with Gasteiger partial charge in [-0.2, -0.15) is 0 Å². The summed E-state index contributed by atoms with van der Waals surface area (Å²) in [7, 11) is 0. The van der Waals surface area contributed by atoms with Gasteiger partial charge in [-0.25, -0.2) is 0 Å². The Bertz CT molecular complexity index is 620. The Balaban J connectivity index is 1.92. The minimum absolute atomic E-state index is 0.00864. The summed E-state index contributed by atoms with van der Waals surface area (Å²) >= 11 is 1.37. The number of hydrogen-bond donors (Lipinski definition) is 2. The number of nitrogens with two attached hydrogens (primary N) is 1. The molecule has 1 amide bonds. The van der Waals surface area contributed by atoms with Crippen molar-refractivity contribution in [3.63, 3.8) is 0 Å².